The number of methoxy groups -OCH3 is 1. The number of para-hydroxylation sites is 1. The summed E-state index contributed by atoms with van der Waals surface area (Å²) >= 11 is 6.08. The highest BCUT2D eigenvalue weighted by atomic mass is 35.5. The maximum Gasteiger partial charge on any atom is 0.337 e. The minimum atomic E-state index is -1.08. The number of fused-ring (bicyclic) bond motifs is 3. The van der Waals surface area contributed by atoms with E-state index in [4.69, 9.17) is 35.5 Å². The van der Waals surface area contributed by atoms with Crippen molar-refractivity contribution >= 4 is 34.3 Å². The van der Waals surface area contributed by atoms with Crippen LogP contribution in [0.3, 0.4) is 0 Å². The van der Waals surface area contributed by atoms with Gasteiger partial charge in [0.1, 0.15) is 11.5 Å². The third-order valence-corrected chi connectivity index (χ3v) is 9.95. The van der Waals surface area contributed by atoms with Crippen molar-refractivity contribution < 1.29 is 23.7 Å². The van der Waals surface area contributed by atoms with Crippen LogP contribution in [0, 0.1) is 16.7 Å². The largest absolute Gasteiger partial charge is 0.465 e. The van der Waals surface area contributed by atoms with Gasteiger partial charge < -0.3 is 28.4 Å². The number of piperazine rings is 1. The predicted octanol–water partition coefficient (Wildman–Crippen LogP) is 4.91. The summed E-state index contributed by atoms with van der Waals surface area (Å²) < 4.78 is 26.1. The molecular formula is C34H33ClN6O5. The molecule has 0 bridgehead atoms. The number of imidazole rings is 1. The Bertz CT molecular complexity index is 1890. The first-order valence-corrected chi connectivity index (χ1v) is 15.9. The molecule has 2 saturated heterocycles. The molecule has 3 atom stereocenters. The highest BCUT2D eigenvalue weighted by molar-refractivity contribution is 6.30. The van der Waals surface area contributed by atoms with E-state index in [0.717, 1.165) is 48.5 Å². The highest BCUT2D eigenvalue weighted by Gasteiger charge is 2.47. The van der Waals surface area contributed by atoms with Crippen LogP contribution in [0.4, 0.5) is 5.69 Å². The van der Waals surface area contributed by atoms with E-state index >= 15 is 0 Å². The van der Waals surface area contributed by atoms with Crippen LogP contribution < -0.4 is 14.4 Å². The standard InChI is InChI=1S/C34H33ClN6O5/c1-33(29-9-7-22(35)15-37-29)45-28-5-3-4-24(31(28)46-33)40-13-12-39(26-17-44-18-27(26)40)16-30-38-23-8-6-21(32(42)43-2)14-25(23)41(30)20-34(19-36)10-11-34/h3-9,14-15,26-27H,10-13,16-18,20H2,1-2H3/t26-,27+,33-/m1/s1. The lowest BCUT2D eigenvalue weighted by Crippen LogP contribution is -2.59. The normalized spacial score (nSPS) is 24.5. The van der Waals surface area contributed by atoms with Gasteiger partial charge in [0.2, 0.25) is 0 Å². The molecule has 3 aliphatic heterocycles. The Morgan fingerprint density at radius 2 is 1.98 bits per heavy atom. The van der Waals surface area contributed by atoms with E-state index in [2.05, 4.69) is 31.5 Å². The fourth-order valence-electron chi connectivity index (χ4n) is 6.98. The maximum atomic E-state index is 12.4. The lowest BCUT2D eigenvalue weighted by molar-refractivity contribution is -0.0716. The van der Waals surface area contributed by atoms with Crippen molar-refractivity contribution in [3.8, 4) is 17.6 Å². The van der Waals surface area contributed by atoms with Gasteiger partial charge in [0.25, 0.3) is 5.79 Å². The first-order valence-electron chi connectivity index (χ1n) is 15.5. The van der Waals surface area contributed by atoms with Crippen molar-refractivity contribution in [2.75, 3.05) is 38.3 Å². The van der Waals surface area contributed by atoms with Gasteiger partial charge in [-0.25, -0.2) is 9.78 Å². The predicted molar refractivity (Wildman–Crippen MR) is 169 cm³/mol. The molecular weight excluding hydrogens is 608 g/mol. The zero-order chi connectivity index (χ0) is 31.6. The van der Waals surface area contributed by atoms with Gasteiger partial charge in [0.15, 0.2) is 11.5 Å². The average molecular weight is 641 g/mol. The number of ether oxygens (including phenoxy) is 4. The molecule has 0 radical (unpaired) electrons. The van der Waals surface area contributed by atoms with Gasteiger partial charge >= 0.3 is 5.97 Å². The number of halogens is 1. The quantitative estimate of drug-likeness (QED) is 0.258. The summed E-state index contributed by atoms with van der Waals surface area (Å²) in [6.07, 6.45) is 3.31. The molecule has 4 aromatic rings. The number of pyridine rings is 1. The molecule has 236 valence electrons. The van der Waals surface area contributed by atoms with Crippen LogP contribution in [0.1, 0.15) is 41.6 Å². The smallest absolute Gasteiger partial charge is 0.337 e. The van der Waals surface area contributed by atoms with E-state index in [1.807, 2.05) is 37.3 Å². The van der Waals surface area contributed by atoms with E-state index in [-0.39, 0.29) is 12.1 Å². The van der Waals surface area contributed by atoms with Crippen LogP contribution in [0.15, 0.2) is 54.7 Å². The second-order valence-electron chi connectivity index (χ2n) is 12.7. The number of hydrogen-bond donors (Lipinski definition) is 0. The Balaban J connectivity index is 1.08. The number of aromatic nitrogens is 3. The molecule has 0 N–H and O–H groups in total. The van der Waals surface area contributed by atoms with E-state index in [0.29, 0.717) is 54.1 Å². The van der Waals surface area contributed by atoms with Crippen molar-refractivity contribution in [1.29, 1.82) is 5.26 Å². The fraction of sp³-hybridized carbons (Fsp3) is 0.412. The van der Waals surface area contributed by atoms with E-state index in [9.17, 15) is 10.1 Å². The van der Waals surface area contributed by atoms with Crippen LogP contribution in [0.5, 0.6) is 11.5 Å². The maximum absolute atomic E-state index is 12.4. The molecule has 5 heterocycles. The lowest BCUT2D eigenvalue weighted by atomic mass is 10.0. The van der Waals surface area contributed by atoms with Gasteiger partial charge in [-0.2, -0.15) is 5.26 Å². The molecule has 0 unspecified atom stereocenters. The number of rotatable bonds is 7. The van der Waals surface area contributed by atoms with Gasteiger partial charge in [0, 0.05) is 32.8 Å². The molecule has 2 aromatic carbocycles. The molecule has 1 saturated carbocycles. The minimum Gasteiger partial charge on any atom is -0.465 e. The number of benzene rings is 2. The Labute approximate surface area is 271 Å². The third-order valence-electron chi connectivity index (χ3n) is 9.72. The van der Waals surface area contributed by atoms with Crippen molar-refractivity contribution in [3.05, 3.63) is 76.8 Å². The van der Waals surface area contributed by atoms with Crippen LogP contribution in [0.2, 0.25) is 5.02 Å². The topological polar surface area (TPSA) is 115 Å². The number of anilines is 1. The van der Waals surface area contributed by atoms with Crippen molar-refractivity contribution in [2.24, 2.45) is 5.41 Å². The first kappa shape index (κ1) is 29.1. The fourth-order valence-corrected chi connectivity index (χ4v) is 7.10. The zero-order valence-corrected chi connectivity index (χ0v) is 26.4. The number of hydrogen-bond acceptors (Lipinski definition) is 10. The number of nitriles is 1. The van der Waals surface area contributed by atoms with E-state index in [1.165, 1.54) is 7.11 Å². The van der Waals surface area contributed by atoms with Crippen LogP contribution in [0.25, 0.3) is 11.0 Å². The molecule has 3 fully saturated rings. The van der Waals surface area contributed by atoms with E-state index in [1.54, 1.807) is 18.3 Å². The monoisotopic (exact) mass is 640 g/mol. The van der Waals surface area contributed by atoms with Crippen LogP contribution in [-0.2, 0) is 28.4 Å². The van der Waals surface area contributed by atoms with E-state index < -0.39 is 17.2 Å². The van der Waals surface area contributed by atoms with Gasteiger partial charge in [0.05, 0.1) is 77.7 Å². The lowest BCUT2D eigenvalue weighted by Gasteiger charge is -2.44. The molecule has 2 aromatic heterocycles. The summed E-state index contributed by atoms with van der Waals surface area (Å²) in [4.78, 5) is 26.6. The summed E-state index contributed by atoms with van der Waals surface area (Å²) in [6, 6.07) is 17.7. The van der Waals surface area contributed by atoms with Gasteiger partial charge in [-0.1, -0.05) is 17.7 Å². The summed E-state index contributed by atoms with van der Waals surface area (Å²) in [5.41, 5.74) is 3.30. The SMILES string of the molecule is COC(=O)c1ccc2nc(CN3CCN(c4cccc5c4O[C@](C)(c4ccc(Cl)cn4)O5)[C@H]4COC[C@H]43)n(CC3(C#N)CC3)c2c1. The number of esters is 1. The molecule has 4 aliphatic rings. The molecule has 11 nitrogen and oxygen atoms in total. The molecule has 12 heteroatoms. The molecule has 8 rings (SSSR count). The molecule has 1 aliphatic carbocycles. The molecule has 46 heavy (non-hydrogen) atoms. The van der Waals surface area contributed by atoms with Crippen LogP contribution >= 0.6 is 11.6 Å². The Morgan fingerprint density at radius 3 is 2.74 bits per heavy atom. The molecule has 0 spiro atoms. The average Bonchev–Trinajstić information content (AvgIpc) is 3.34. The molecule has 0 amide bonds. The second kappa shape index (κ2) is 10.9. The number of carbonyl (C=O) groups is 1. The highest BCUT2D eigenvalue weighted by Crippen LogP contribution is 2.50. The van der Waals surface area contributed by atoms with Crippen molar-refractivity contribution in [3.63, 3.8) is 0 Å². The summed E-state index contributed by atoms with van der Waals surface area (Å²) in [5, 5.41) is 10.5. The first-order chi connectivity index (χ1) is 22.3. The third kappa shape index (κ3) is 4.83. The van der Waals surface area contributed by atoms with Gasteiger partial charge in [-0.15, -0.1) is 0 Å². The Kier molecular flexibility index (Phi) is 6.86. The van der Waals surface area contributed by atoms with Gasteiger partial charge in [-0.05, 0) is 55.3 Å². The summed E-state index contributed by atoms with van der Waals surface area (Å²) in [7, 11) is 1.38. The minimum absolute atomic E-state index is 0.0852. The summed E-state index contributed by atoms with van der Waals surface area (Å²) in [5.74, 6) is 0.759. The van der Waals surface area contributed by atoms with Crippen LogP contribution in [-0.4, -0.2) is 70.9 Å². The number of carbonyl (C=O) groups excluding carboxylic acids is 1. The Hall–Kier alpha value is -4.37. The van der Waals surface area contributed by atoms with Crippen molar-refractivity contribution in [1.82, 2.24) is 19.4 Å². The Morgan fingerprint density at radius 1 is 1.13 bits per heavy atom. The van der Waals surface area contributed by atoms with Crippen molar-refractivity contribution in [2.45, 2.75) is 50.7 Å². The zero-order valence-electron chi connectivity index (χ0n) is 25.6. The second-order valence-corrected chi connectivity index (χ2v) is 13.1. The summed E-state index contributed by atoms with van der Waals surface area (Å²) in [6.45, 7) is 5.69. The van der Waals surface area contributed by atoms with Gasteiger partial charge in [-0.3, -0.25) is 9.88 Å². The number of nitrogens with zero attached hydrogens (tertiary/aromatic N) is 6.